The molecular weight excluding hydrogens is 257 g/mol. The summed E-state index contributed by atoms with van der Waals surface area (Å²) in [6.07, 6.45) is 0. The van der Waals surface area contributed by atoms with Crippen LogP contribution in [0.2, 0.25) is 0 Å². The van der Waals surface area contributed by atoms with E-state index in [-0.39, 0.29) is 59.1 Å². The normalized spacial score (nSPS) is 7.62. The van der Waals surface area contributed by atoms with E-state index in [1.165, 1.54) is 0 Å². The summed E-state index contributed by atoms with van der Waals surface area (Å²) >= 11 is 0. The van der Waals surface area contributed by atoms with Crippen LogP contribution in [0.15, 0.2) is 0 Å². The van der Waals surface area contributed by atoms with Gasteiger partial charge in [-0.3, -0.25) is 4.89 Å². The quantitative estimate of drug-likeness (QED) is 0.272. The Morgan fingerprint density at radius 2 is 1.77 bits per heavy atom. The molecule has 0 aromatic carbocycles. The summed E-state index contributed by atoms with van der Waals surface area (Å²) in [5, 5.41) is 15.9. The summed E-state index contributed by atoms with van der Waals surface area (Å²) < 4.78 is 3.93. The Hall–Kier alpha value is 0.414. The number of aliphatic hydroxyl groups excluding tert-OH is 2. The number of hydrogen-bond acceptors (Lipinski definition) is 6. The number of rotatable bonds is 6. The maximum atomic E-state index is 9.11. The van der Waals surface area contributed by atoms with Crippen LogP contribution in [-0.2, 0) is 52.0 Å². The van der Waals surface area contributed by atoms with Crippen LogP contribution >= 0.6 is 0 Å². The van der Waals surface area contributed by atoms with Crippen LogP contribution in [0.25, 0.3) is 0 Å². The minimum atomic E-state index is -0.130. The van der Waals surface area contributed by atoms with Gasteiger partial charge in [0.2, 0.25) is 0 Å². The predicted molar refractivity (Wildman–Crippen MR) is 38.2 cm³/mol. The molecule has 77 valence electrons. The van der Waals surface area contributed by atoms with Gasteiger partial charge in [0.15, 0.2) is 0 Å². The van der Waals surface area contributed by atoms with E-state index in [0.29, 0.717) is 0 Å². The molecule has 0 saturated carbocycles. The molecule has 0 fully saturated rings. The molecule has 0 saturated heterocycles. The van der Waals surface area contributed by atoms with Gasteiger partial charge in [-0.25, -0.2) is 0 Å². The Balaban J connectivity index is -0.000000143. The molecule has 7 heteroatoms. The molecular formula is C6H12O6Y-2. The summed E-state index contributed by atoms with van der Waals surface area (Å²) in [7, 11) is 2.89. The maximum Gasteiger partial charge on any atom is 0.102 e. The topological polar surface area (TPSA) is 85.2 Å². The minimum absolute atomic E-state index is 0. The van der Waals surface area contributed by atoms with Crippen LogP contribution in [-0.4, -0.2) is 43.1 Å². The first kappa shape index (κ1) is 19.1. The van der Waals surface area contributed by atoms with Crippen molar-refractivity contribution in [3.05, 3.63) is 7.11 Å². The van der Waals surface area contributed by atoms with Crippen LogP contribution in [0, 0.1) is 7.11 Å². The number of carbonyl (C=O) groups excluding carboxylic acids is 1. The third-order valence-corrected chi connectivity index (χ3v) is 0.510. The Labute approximate surface area is 102 Å². The largest absolute Gasteiger partial charge is 0.651 e. The van der Waals surface area contributed by atoms with Crippen molar-refractivity contribution < 1.29 is 62.2 Å². The second-order valence-corrected chi connectivity index (χ2v) is 1.32. The fourth-order valence-corrected chi connectivity index (χ4v) is 0.184. The van der Waals surface area contributed by atoms with Crippen molar-refractivity contribution in [2.75, 3.05) is 26.4 Å². The van der Waals surface area contributed by atoms with Gasteiger partial charge < -0.3 is 24.6 Å². The van der Waals surface area contributed by atoms with Crippen LogP contribution in [0.4, 0.5) is 0 Å². The van der Waals surface area contributed by atoms with E-state index in [0.717, 1.165) is 6.47 Å². The van der Waals surface area contributed by atoms with Crippen LogP contribution in [0.3, 0.4) is 0 Å². The fraction of sp³-hybridized carbons (Fsp3) is 0.667. The van der Waals surface area contributed by atoms with Gasteiger partial charge in [-0.1, -0.05) is 6.47 Å². The van der Waals surface area contributed by atoms with Gasteiger partial charge in [0.1, 0.15) is 6.61 Å². The van der Waals surface area contributed by atoms with E-state index in [2.05, 4.69) is 21.6 Å². The molecule has 0 unspecified atom stereocenters. The first-order chi connectivity index (χ1) is 5.83. The average Bonchev–Trinajstić information content (AvgIpc) is 2.12. The van der Waals surface area contributed by atoms with Gasteiger partial charge in [-0.2, -0.15) is 7.11 Å². The van der Waals surface area contributed by atoms with E-state index in [4.69, 9.17) is 15.0 Å². The van der Waals surface area contributed by atoms with Gasteiger partial charge in [0.05, 0.1) is 19.8 Å². The molecule has 0 amide bonds. The van der Waals surface area contributed by atoms with Gasteiger partial charge in [-0.05, 0) is 0 Å². The molecule has 0 aliphatic heterocycles. The van der Waals surface area contributed by atoms with Crippen molar-refractivity contribution in [1.82, 2.24) is 0 Å². The monoisotopic (exact) mass is 269 g/mol. The van der Waals surface area contributed by atoms with Crippen LogP contribution < -0.4 is 0 Å². The first-order valence-corrected chi connectivity index (χ1v) is 3.07. The van der Waals surface area contributed by atoms with Crippen LogP contribution in [0.1, 0.15) is 0 Å². The molecule has 0 aromatic rings. The zero-order chi connectivity index (χ0) is 9.66. The number of aliphatic hydroxyl groups is 2. The Morgan fingerprint density at radius 3 is 1.92 bits per heavy atom. The second-order valence-electron chi connectivity index (χ2n) is 1.32. The summed E-state index contributed by atoms with van der Waals surface area (Å²) in [6, 6.07) is 0. The number of hydrogen-bond donors (Lipinski definition) is 2. The average molecular weight is 269 g/mol. The summed E-state index contributed by atoms with van der Waals surface area (Å²) in [4.78, 5) is 17.1. The van der Waals surface area contributed by atoms with Crippen molar-refractivity contribution in [2.45, 2.75) is 0 Å². The molecule has 0 aliphatic rings. The zero-order valence-corrected chi connectivity index (χ0v) is 9.98. The molecule has 0 aliphatic carbocycles. The van der Waals surface area contributed by atoms with Gasteiger partial charge >= 0.3 is 0 Å². The van der Waals surface area contributed by atoms with Crippen molar-refractivity contribution in [3.8, 4) is 0 Å². The second kappa shape index (κ2) is 22.8. The SMILES string of the molecule is O=[C-]OCCO.[CH2-]OOCCO.[Y]. The fourth-order valence-electron chi connectivity index (χ4n) is 0.184. The molecule has 0 spiro atoms. The van der Waals surface area contributed by atoms with Crippen molar-refractivity contribution in [3.63, 3.8) is 0 Å². The van der Waals surface area contributed by atoms with E-state index < -0.39 is 0 Å². The Morgan fingerprint density at radius 1 is 1.23 bits per heavy atom. The molecule has 0 heterocycles. The van der Waals surface area contributed by atoms with Gasteiger partial charge in [0, 0.05) is 32.7 Å². The first-order valence-electron chi connectivity index (χ1n) is 3.07. The van der Waals surface area contributed by atoms with Crippen molar-refractivity contribution >= 4 is 6.47 Å². The van der Waals surface area contributed by atoms with Gasteiger partial charge in [0.25, 0.3) is 0 Å². The smallest absolute Gasteiger partial charge is 0.102 e. The molecule has 13 heavy (non-hydrogen) atoms. The molecule has 0 bridgehead atoms. The van der Waals surface area contributed by atoms with E-state index in [1.807, 2.05) is 0 Å². The molecule has 1 radical (unpaired) electrons. The maximum absolute atomic E-state index is 9.11. The molecule has 0 atom stereocenters. The third kappa shape index (κ3) is 32.7. The zero-order valence-electron chi connectivity index (χ0n) is 7.14. The third-order valence-electron chi connectivity index (χ3n) is 0.510. The summed E-state index contributed by atoms with van der Waals surface area (Å²) in [5.74, 6) is 0. The Kier molecular flexibility index (Phi) is 33.5. The standard InChI is InChI=1S/C3H7O3.C3H5O3.Y/c1-5-6-3-2-4;4-1-2-6-3-5;/h4H,1-3H2;4H,1-2H2;/q2*-1;. The Bertz CT molecular complexity index is 77.5. The molecule has 2 N–H and O–H groups in total. The molecule has 6 nitrogen and oxygen atoms in total. The van der Waals surface area contributed by atoms with Gasteiger partial charge in [-0.15, -0.1) is 0 Å². The number of ether oxygens (including phenoxy) is 1. The van der Waals surface area contributed by atoms with E-state index in [9.17, 15) is 0 Å². The van der Waals surface area contributed by atoms with Crippen molar-refractivity contribution in [1.29, 1.82) is 0 Å². The molecule has 0 rings (SSSR count). The summed E-state index contributed by atoms with van der Waals surface area (Å²) in [6.45, 7) is 1.23. The van der Waals surface area contributed by atoms with E-state index in [1.54, 1.807) is 0 Å². The molecule has 0 aromatic heterocycles. The minimum Gasteiger partial charge on any atom is -0.651 e. The van der Waals surface area contributed by atoms with Crippen molar-refractivity contribution in [2.24, 2.45) is 0 Å². The predicted octanol–water partition coefficient (Wildman–Crippen LogP) is -1.22. The van der Waals surface area contributed by atoms with E-state index >= 15 is 0 Å². The van der Waals surface area contributed by atoms with Crippen LogP contribution in [0.5, 0.6) is 0 Å². The summed E-state index contributed by atoms with van der Waals surface area (Å²) in [5.41, 5.74) is 0.